The molecule has 1 aromatic rings. The molecule has 0 radical (unpaired) electrons. The van der Waals surface area contributed by atoms with Gasteiger partial charge in [-0.2, -0.15) is 0 Å². The molecule has 2 rings (SSSR count). The van der Waals surface area contributed by atoms with Crippen LogP contribution < -0.4 is 15.4 Å². The van der Waals surface area contributed by atoms with Crippen LogP contribution in [0.5, 0.6) is 0 Å². The molecule has 1 fully saturated rings. The molecule has 0 saturated carbocycles. The van der Waals surface area contributed by atoms with Gasteiger partial charge in [-0.05, 0) is 18.2 Å². The molecule has 8 heteroatoms. The third-order valence-electron chi connectivity index (χ3n) is 3.50. The fraction of sp³-hybridized carbons (Fsp3) is 0.429. The van der Waals surface area contributed by atoms with Crippen LogP contribution in [0.2, 0.25) is 0 Å². The second kappa shape index (κ2) is 6.05. The van der Waals surface area contributed by atoms with Crippen LogP contribution in [0, 0.1) is 5.92 Å². The van der Waals surface area contributed by atoms with Gasteiger partial charge in [-0.1, -0.05) is 19.9 Å². The van der Waals surface area contributed by atoms with Crippen molar-refractivity contribution in [3.8, 4) is 0 Å². The first kappa shape index (κ1) is 16.4. The minimum Gasteiger partial charge on any atom is -0.326 e. The number of sulfonamides is 1. The maximum absolute atomic E-state index is 12.0. The number of carbonyl (C=O) groups excluding carboxylic acids is 2. The highest BCUT2D eigenvalue weighted by Gasteiger charge is 2.37. The zero-order chi connectivity index (χ0) is 16.5. The lowest BCUT2D eigenvalue weighted by Crippen LogP contribution is -2.32. The number of carbonyl (C=O) groups is 2. The van der Waals surface area contributed by atoms with Crippen molar-refractivity contribution in [1.82, 2.24) is 0 Å². The van der Waals surface area contributed by atoms with Gasteiger partial charge < -0.3 is 10.2 Å². The van der Waals surface area contributed by atoms with Gasteiger partial charge in [0.25, 0.3) is 0 Å². The van der Waals surface area contributed by atoms with E-state index >= 15 is 0 Å². The summed E-state index contributed by atoms with van der Waals surface area (Å²) < 4.78 is 22.8. The van der Waals surface area contributed by atoms with Gasteiger partial charge in [0.15, 0.2) is 0 Å². The fourth-order valence-electron chi connectivity index (χ4n) is 2.18. The summed E-state index contributed by atoms with van der Waals surface area (Å²) in [5.41, 5.74) is 1.10. The topological polar surface area (TPSA) is 110 Å². The third kappa shape index (κ3) is 3.63. The zero-order valence-corrected chi connectivity index (χ0v) is 13.3. The van der Waals surface area contributed by atoms with E-state index in [2.05, 4.69) is 5.32 Å². The normalized spacial score (nSPS) is 18.8. The van der Waals surface area contributed by atoms with Crippen molar-refractivity contribution in [2.45, 2.75) is 25.5 Å². The van der Waals surface area contributed by atoms with E-state index in [0.717, 1.165) is 0 Å². The van der Waals surface area contributed by atoms with Crippen LogP contribution in [0.15, 0.2) is 24.3 Å². The summed E-state index contributed by atoms with van der Waals surface area (Å²) in [4.78, 5) is 25.1. The maximum Gasteiger partial charge on any atom is 0.228 e. The Morgan fingerprint density at radius 3 is 2.64 bits per heavy atom. The summed E-state index contributed by atoms with van der Waals surface area (Å²) in [5.74, 6) is -0.595. The molecule has 22 heavy (non-hydrogen) atoms. The molecule has 1 aliphatic heterocycles. The summed E-state index contributed by atoms with van der Waals surface area (Å²) >= 11 is 0. The van der Waals surface area contributed by atoms with Crippen LogP contribution in [0.1, 0.15) is 20.3 Å². The Kier molecular flexibility index (Phi) is 4.52. The van der Waals surface area contributed by atoms with Gasteiger partial charge in [-0.25, -0.2) is 13.6 Å². The highest BCUT2D eigenvalue weighted by molar-refractivity contribution is 7.89. The average molecular weight is 325 g/mol. The van der Waals surface area contributed by atoms with E-state index < -0.39 is 15.3 Å². The number of amides is 2. The smallest absolute Gasteiger partial charge is 0.228 e. The van der Waals surface area contributed by atoms with Crippen LogP contribution in [-0.4, -0.2) is 32.0 Å². The number of rotatable bonds is 4. The van der Waals surface area contributed by atoms with Crippen LogP contribution in [0.25, 0.3) is 0 Å². The van der Waals surface area contributed by atoms with E-state index in [4.69, 9.17) is 5.14 Å². The van der Waals surface area contributed by atoms with Gasteiger partial charge in [0, 0.05) is 30.3 Å². The van der Waals surface area contributed by atoms with Crippen molar-refractivity contribution in [1.29, 1.82) is 0 Å². The molecule has 120 valence electrons. The average Bonchev–Trinajstić information content (AvgIpc) is 2.81. The van der Waals surface area contributed by atoms with Gasteiger partial charge in [-0.15, -0.1) is 0 Å². The van der Waals surface area contributed by atoms with Gasteiger partial charge in [-0.3, -0.25) is 9.59 Å². The van der Waals surface area contributed by atoms with Crippen molar-refractivity contribution >= 4 is 33.2 Å². The second-order valence-corrected chi connectivity index (χ2v) is 7.46. The fourth-order valence-corrected chi connectivity index (χ4v) is 2.91. The van der Waals surface area contributed by atoms with E-state index in [9.17, 15) is 18.0 Å². The first-order chi connectivity index (χ1) is 10.2. The lowest BCUT2D eigenvalue weighted by Gasteiger charge is -2.18. The number of primary sulfonamides is 1. The first-order valence-electron chi connectivity index (χ1n) is 6.91. The molecule has 7 nitrogen and oxygen atoms in total. The van der Waals surface area contributed by atoms with Crippen molar-refractivity contribution in [3.63, 3.8) is 0 Å². The second-order valence-electron chi connectivity index (χ2n) is 5.61. The van der Waals surface area contributed by atoms with E-state index in [-0.39, 0.29) is 30.7 Å². The molecule has 0 spiro atoms. The SMILES string of the molecule is CC(C)C(=O)Nc1cccc(N2CC(S(N)(=O)=O)CC2=O)c1. The molecule has 0 aromatic heterocycles. The lowest BCUT2D eigenvalue weighted by molar-refractivity contribution is -0.119. The van der Waals surface area contributed by atoms with Crippen LogP contribution >= 0.6 is 0 Å². The summed E-state index contributed by atoms with van der Waals surface area (Å²) in [7, 11) is -3.75. The molecular weight excluding hydrogens is 306 g/mol. The number of nitrogens with zero attached hydrogens (tertiary/aromatic N) is 1. The summed E-state index contributed by atoms with van der Waals surface area (Å²) in [5, 5.41) is 6.96. The van der Waals surface area contributed by atoms with Crippen molar-refractivity contribution in [2.24, 2.45) is 11.1 Å². The highest BCUT2D eigenvalue weighted by atomic mass is 32.2. The lowest BCUT2D eigenvalue weighted by atomic mass is 10.2. The standard InChI is InChI=1S/C14H19N3O4S/c1-9(2)14(19)16-10-4-3-5-11(6-10)17-8-12(7-13(17)18)22(15,20)21/h3-6,9,12H,7-8H2,1-2H3,(H,16,19)(H2,15,20,21). The molecule has 2 amide bonds. The minimum absolute atomic E-state index is 0.0270. The zero-order valence-electron chi connectivity index (χ0n) is 12.4. The largest absolute Gasteiger partial charge is 0.326 e. The van der Waals surface area contributed by atoms with Crippen LogP contribution in [-0.2, 0) is 19.6 Å². The maximum atomic E-state index is 12.0. The quantitative estimate of drug-likeness (QED) is 0.848. The molecule has 3 N–H and O–H groups in total. The number of anilines is 2. The molecule has 0 bridgehead atoms. The number of nitrogens with two attached hydrogens (primary N) is 1. The molecule has 1 unspecified atom stereocenters. The highest BCUT2D eigenvalue weighted by Crippen LogP contribution is 2.26. The Labute approximate surface area is 129 Å². The molecule has 0 aliphatic carbocycles. The number of hydrogen-bond donors (Lipinski definition) is 2. The monoisotopic (exact) mass is 325 g/mol. The Morgan fingerprint density at radius 2 is 2.09 bits per heavy atom. The van der Waals surface area contributed by atoms with Gasteiger partial charge in [0.05, 0.1) is 0 Å². The number of benzene rings is 1. The minimum atomic E-state index is -3.75. The molecule has 1 saturated heterocycles. The molecular formula is C14H19N3O4S. The van der Waals surface area contributed by atoms with E-state index in [0.29, 0.717) is 11.4 Å². The molecule has 1 atom stereocenters. The Balaban J connectivity index is 2.20. The van der Waals surface area contributed by atoms with Crippen LogP contribution in [0.4, 0.5) is 11.4 Å². The molecule has 1 aliphatic rings. The summed E-state index contributed by atoms with van der Waals surface area (Å²) in [6.07, 6.45) is -0.124. The summed E-state index contributed by atoms with van der Waals surface area (Å²) in [6.45, 7) is 3.58. The van der Waals surface area contributed by atoms with Gasteiger partial charge in [0.2, 0.25) is 21.8 Å². The van der Waals surface area contributed by atoms with Gasteiger partial charge >= 0.3 is 0 Å². The third-order valence-corrected chi connectivity index (χ3v) is 4.75. The van der Waals surface area contributed by atoms with Gasteiger partial charge in [0.1, 0.15) is 5.25 Å². The van der Waals surface area contributed by atoms with E-state index in [1.54, 1.807) is 38.1 Å². The van der Waals surface area contributed by atoms with E-state index in [1.165, 1.54) is 4.90 Å². The first-order valence-corrected chi connectivity index (χ1v) is 8.52. The van der Waals surface area contributed by atoms with Crippen molar-refractivity contribution in [3.05, 3.63) is 24.3 Å². The Hall–Kier alpha value is -1.93. The van der Waals surface area contributed by atoms with E-state index in [1.807, 2.05) is 0 Å². The Morgan fingerprint density at radius 1 is 1.41 bits per heavy atom. The molecule has 1 heterocycles. The Bertz CT molecular complexity index is 700. The predicted molar refractivity (Wildman–Crippen MR) is 83.8 cm³/mol. The number of hydrogen-bond acceptors (Lipinski definition) is 4. The van der Waals surface area contributed by atoms with Crippen molar-refractivity contribution < 1.29 is 18.0 Å². The predicted octanol–water partition coefficient (Wildman–Crippen LogP) is 0.675. The number of nitrogens with one attached hydrogen (secondary N) is 1. The van der Waals surface area contributed by atoms with Crippen LogP contribution in [0.3, 0.4) is 0 Å². The molecule has 1 aromatic carbocycles. The summed E-state index contributed by atoms with van der Waals surface area (Å²) in [6, 6.07) is 6.74. The van der Waals surface area contributed by atoms with Crippen molar-refractivity contribution in [2.75, 3.05) is 16.8 Å².